The predicted molar refractivity (Wildman–Crippen MR) is 154 cm³/mol. The van der Waals surface area contributed by atoms with Crippen LogP contribution in [0.2, 0.25) is 0 Å². The van der Waals surface area contributed by atoms with E-state index < -0.39 is 11.4 Å². The lowest BCUT2D eigenvalue weighted by molar-refractivity contribution is -0.150. The molecule has 0 fully saturated rings. The lowest BCUT2D eigenvalue weighted by Gasteiger charge is -2.40. The average molecular weight is 535 g/mol. The number of carboxylic acid groups (broad SMARTS) is 1. The quantitative estimate of drug-likeness (QED) is 0.282. The number of amides is 1. The zero-order valence-electron chi connectivity index (χ0n) is 24.4. The van der Waals surface area contributed by atoms with Crippen molar-refractivity contribution >= 4 is 17.6 Å². The fourth-order valence-electron chi connectivity index (χ4n) is 5.52. The zero-order chi connectivity index (χ0) is 29.0. The van der Waals surface area contributed by atoms with Crippen LogP contribution in [0.1, 0.15) is 68.6 Å². The van der Waals surface area contributed by atoms with Gasteiger partial charge in [0, 0.05) is 18.2 Å². The molecule has 39 heavy (non-hydrogen) atoms. The van der Waals surface area contributed by atoms with Gasteiger partial charge in [0.05, 0.1) is 31.9 Å². The topological polar surface area (TPSA) is 92.0 Å². The van der Waals surface area contributed by atoms with E-state index in [9.17, 15) is 14.7 Å². The molecular weight excluding hydrogens is 492 g/mol. The summed E-state index contributed by atoms with van der Waals surface area (Å²) in [6.07, 6.45) is 1.63. The number of anilines is 1. The van der Waals surface area contributed by atoms with Gasteiger partial charge in [0.25, 0.3) is 0 Å². The number of carbonyl (C=O) groups excluding carboxylic acids is 1. The Hall–Kier alpha value is -3.58. The molecule has 7 heteroatoms. The lowest BCUT2D eigenvalue weighted by Crippen LogP contribution is -2.38. The van der Waals surface area contributed by atoms with E-state index in [4.69, 9.17) is 9.15 Å². The molecule has 0 saturated carbocycles. The first-order chi connectivity index (χ1) is 18.2. The molecule has 0 aliphatic carbocycles. The minimum atomic E-state index is -0.929. The minimum Gasteiger partial charge on any atom is -0.496 e. The zero-order valence-corrected chi connectivity index (χ0v) is 24.4. The van der Waals surface area contributed by atoms with Gasteiger partial charge in [0.15, 0.2) is 0 Å². The number of carboxylic acids is 1. The van der Waals surface area contributed by atoms with Crippen LogP contribution in [0.3, 0.4) is 0 Å². The van der Waals surface area contributed by atoms with Crippen molar-refractivity contribution in [1.29, 1.82) is 0 Å². The SMILES string of the molecule is COc1cc(C)c(NC(=O)CN(Cc2ccc(C(C(C)(C)C)C(C)(C)C(=O)O)cc2)Cc2ccco2)cc1C. The number of rotatable bonds is 11. The average Bonchev–Trinajstić information content (AvgIpc) is 3.34. The molecule has 0 saturated heterocycles. The molecule has 3 aromatic rings. The van der Waals surface area contributed by atoms with Gasteiger partial charge in [-0.1, -0.05) is 45.0 Å². The first-order valence-corrected chi connectivity index (χ1v) is 13.2. The molecule has 0 aliphatic rings. The van der Waals surface area contributed by atoms with Crippen LogP contribution in [0, 0.1) is 24.7 Å². The Morgan fingerprint density at radius 1 is 1.00 bits per heavy atom. The van der Waals surface area contributed by atoms with Crippen molar-refractivity contribution in [3.05, 3.63) is 82.8 Å². The number of hydrogen-bond donors (Lipinski definition) is 2. The molecule has 1 atom stereocenters. The number of nitrogens with one attached hydrogen (secondary N) is 1. The molecule has 1 amide bonds. The number of aliphatic carboxylic acids is 1. The summed E-state index contributed by atoms with van der Waals surface area (Å²) in [4.78, 5) is 27.2. The summed E-state index contributed by atoms with van der Waals surface area (Å²) in [5, 5.41) is 13.0. The summed E-state index contributed by atoms with van der Waals surface area (Å²) in [6, 6.07) is 15.7. The van der Waals surface area contributed by atoms with Crippen LogP contribution in [0.4, 0.5) is 5.69 Å². The highest BCUT2D eigenvalue weighted by Crippen LogP contribution is 2.47. The Bertz CT molecular complexity index is 1270. The number of ether oxygens (including phenoxy) is 1. The van der Waals surface area contributed by atoms with E-state index in [2.05, 4.69) is 26.1 Å². The Morgan fingerprint density at radius 2 is 1.67 bits per heavy atom. The number of carbonyl (C=O) groups is 2. The normalized spacial score (nSPS) is 12.8. The second-order valence-corrected chi connectivity index (χ2v) is 12.0. The summed E-state index contributed by atoms with van der Waals surface area (Å²) in [7, 11) is 1.63. The van der Waals surface area contributed by atoms with Crippen molar-refractivity contribution < 1.29 is 23.8 Å². The van der Waals surface area contributed by atoms with E-state index in [1.807, 2.05) is 67.3 Å². The van der Waals surface area contributed by atoms with Gasteiger partial charge in [-0.25, -0.2) is 0 Å². The summed E-state index contributed by atoms with van der Waals surface area (Å²) in [5.74, 6) is 0.435. The van der Waals surface area contributed by atoms with Gasteiger partial charge in [-0.05, 0) is 79.6 Å². The predicted octanol–water partition coefficient (Wildman–Crippen LogP) is 6.79. The van der Waals surface area contributed by atoms with Gasteiger partial charge in [-0.15, -0.1) is 0 Å². The molecule has 1 unspecified atom stereocenters. The first kappa shape index (κ1) is 30.0. The van der Waals surface area contributed by atoms with Crippen LogP contribution in [0.5, 0.6) is 5.75 Å². The van der Waals surface area contributed by atoms with Crippen LogP contribution >= 0.6 is 0 Å². The second kappa shape index (κ2) is 12.1. The molecule has 210 valence electrons. The number of hydrogen-bond acceptors (Lipinski definition) is 5. The molecule has 3 rings (SSSR count). The molecule has 1 heterocycles. The number of nitrogens with zero attached hydrogens (tertiary/aromatic N) is 1. The Morgan fingerprint density at radius 3 is 2.21 bits per heavy atom. The van der Waals surface area contributed by atoms with Crippen molar-refractivity contribution in [2.24, 2.45) is 10.8 Å². The number of furan rings is 1. The highest BCUT2D eigenvalue weighted by atomic mass is 16.5. The summed E-state index contributed by atoms with van der Waals surface area (Å²) in [5.41, 5.74) is 3.47. The lowest BCUT2D eigenvalue weighted by atomic mass is 9.63. The fraction of sp³-hybridized carbons (Fsp3) is 0.438. The van der Waals surface area contributed by atoms with Gasteiger partial charge in [0.2, 0.25) is 5.91 Å². The fourth-order valence-corrected chi connectivity index (χ4v) is 5.52. The number of benzene rings is 2. The van der Waals surface area contributed by atoms with Crippen LogP contribution < -0.4 is 10.1 Å². The molecule has 1 aromatic heterocycles. The maximum atomic E-state index is 13.1. The monoisotopic (exact) mass is 534 g/mol. The Kier molecular flexibility index (Phi) is 9.28. The highest BCUT2D eigenvalue weighted by Gasteiger charge is 2.44. The summed E-state index contributed by atoms with van der Waals surface area (Å²) in [6.45, 7) is 14.9. The van der Waals surface area contributed by atoms with E-state index in [1.54, 1.807) is 27.2 Å². The number of methoxy groups -OCH3 is 1. The van der Waals surface area contributed by atoms with Crippen LogP contribution in [-0.2, 0) is 22.7 Å². The van der Waals surface area contributed by atoms with Crippen molar-refractivity contribution in [2.75, 3.05) is 19.0 Å². The molecule has 7 nitrogen and oxygen atoms in total. The minimum absolute atomic E-state index is 0.123. The molecule has 2 N–H and O–H groups in total. The third-order valence-electron chi connectivity index (χ3n) is 7.20. The molecule has 0 bridgehead atoms. The van der Waals surface area contributed by atoms with Crippen LogP contribution in [0.15, 0.2) is 59.2 Å². The van der Waals surface area contributed by atoms with Crippen LogP contribution in [0.25, 0.3) is 0 Å². The number of aryl methyl sites for hydroxylation is 2. The van der Waals surface area contributed by atoms with Gasteiger partial charge in [-0.2, -0.15) is 0 Å². The van der Waals surface area contributed by atoms with Crippen molar-refractivity contribution in [3.63, 3.8) is 0 Å². The smallest absolute Gasteiger partial charge is 0.309 e. The summed E-state index contributed by atoms with van der Waals surface area (Å²) < 4.78 is 11.0. The summed E-state index contributed by atoms with van der Waals surface area (Å²) >= 11 is 0. The van der Waals surface area contributed by atoms with Crippen molar-refractivity contribution in [2.45, 2.75) is 67.5 Å². The van der Waals surface area contributed by atoms with E-state index in [0.717, 1.165) is 39.5 Å². The largest absolute Gasteiger partial charge is 0.496 e. The Labute approximate surface area is 232 Å². The Balaban J connectivity index is 1.80. The van der Waals surface area contributed by atoms with Gasteiger partial charge in [0.1, 0.15) is 11.5 Å². The third kappa shape index (κ3) is 7.51. The molecule has 0 aliphatic heterocycles. The molecule has 0 radical (unpaired) electrons. The third-order valence-corrected chi connectivity index (χ3v) is 7.20. The molecular formula is C32H42N2O5. The standard InChI is InChI=1S/C32H42N2O5/c1-21-17-27(38-8)22(2)16-26(21)33-28(35)20-34(19-25-10-9-15-39-25)18-23-11-13-24(14-12-23)29(31(3,4)5)32(6,7)30(36)37/h9-17,29H,18-20H2,1-8H3,(H,33,35)(H,36,37). The van der Waals surface area contributed by atoms with Crippen LogP contribution in [-0.4, -0.2) is 35.5 Å². The molecule has 2 aromatic carbocycles. The van der Waals surface area contributed by atoms with E-state index in [1.165, 1.54) is 0 Å². The van der Waals surface area contributed by atoms with E-state index in [-0.39, 0.29) is 23.8 Å². The van der Waals surface area contributed by atoms with Gasteiger partial charge >= 0.3 is 5.97 Å². The maximum absolute atomic E-state index is 13.1. The van der Waals surface area contributed by atoms with Crippen molar-refractivity contribution in [1.82, 2.24) is 4.90 Å². The highest BCUT2D eigenvalue weighted by molar-refractivity contribution is 5.93. The van der Waals surface area contributed by atoms with Gasteiger partial charge < -0.3 is 19.6 Å². The van der Waals surface area contributed by atoms with Gasteiger partial charge in [-0.3, -0.25) is 14.5 Å². The maximum Gasteiger partial charge on any atom is 0.309 e. The second-order valence-electron chi connectivity index (χ2n) is 12.0. The van der Waals surface area contributed by atoms with E-state index in [0.29, 0.717) is 13.1 Å². The first-order valence-electron chi connectivity index (χ1n) is 13.2. The van der Waals surface area contributed by atoms with E-state index >= 15 is 0 Å². The molecule has 0 spiro atoms. The van der Waals surface area contributed by atoms with Crippen molar-refractivity contribution in [3.8, 4) is 5.75 Å².